The molecule has 2 aliphatic rings. The number of rotatable bonds is 2. The molecular weight excluding hydrogens is 204 g/mol. The lowest BCUT2D eigenvalue weighted by Crippen LogP contribution is -2.42. The van der Waals surface area contributed by atoms with Crippen molar-refractivity contribution < 1.29 is 29.5 Å². The van der Waals surface area contributed by atoms with Crippen molar-refractivity contribution in [2.45, 2.75) is 50.3 Å². The van der Waals surface area contributed by atoms with Crippen LogP contribution in [0.3, 0.4) is 0 Å². The van der Waals surface area contributed by atoms with Crippen LogP contribution in [0.2, 0.25) is 0 Å². The van der Waals surface area contributed by atoms with Crippen LogP contribution in [0.15, 0.2) is 0 Å². The van der Waals surface area contributed by atoms with Crippen molar-refractivity contribution >= 4 is 0 Å². The maximum absolute atomic E-state index is 9.79. The Bertz CT molecular complexity index is 243. The highest BCUT2D eigenvalue weighted by Crippen LogP contribution is 2.38. The lowest BCUT2D eigenvalue weighted by atomic mass is 10.1. The van der Waals surface area contributed by atoms with Gasteiger partial charge in [-0.2, -0.15) is 0 Å². The summed E-state index contributed by atoms with van der Waals surface area (Å²) >= 11 is 0. The van der Waals surface area contributed by atoms with Crippen molar-refractivity contribution in [1.29, 1.82) is 0 Å². The molecule has 0 aromatic rings. The number of hydrogen-bond acceptors (Lipinski definition) is 6. The Labute approximate surface area is 87.4 Å². The van der Waals surface area contributed by atoms with Gasteiger partial charge in [-0.25, -0.2) is 0 Å². The lowest BCUT2D eigenvalue weighted by molar-refractivity contribution is -0.227. The van der Waals surface area contributed by atoms with Crippen molar-refractivity contribution in [3.8, 4) is 0 Å². The second-order valence-corrected chi connectivity index (χ2v) is 4.31. The van der Waals surface area contributed by atoms with E-state index in [1.54, 1.807) is 13.8 Å². The topological polar surface area (TPSA) is 88.4 Å². The fourth-order valence-electron chi connectivity index (χ4n) is 1.94. The first-order valence-corrected chi connectivity index (χ1v) is 4.93. The summed E-state index contributed by atoms with van der Waals surface area (Å²) in [5.74, 6) is -0.786. The number of ether oxygens (including phenoxy) is 3. The first-order valence-electron chi connectivity index (χ1n) is 4.93. The fourth-order valence-corrected chi connectivity index (χ4v) is 1.94. The minimum atomic E-state index is -1.12. The van der Waals surface area contributed by atoms with Gasteiger partial charge in [-0.3, -0.25) is 0 Å². The lowest BCUT2D eigenvalue weighted by Gasteiger charge is -2.24. The monoisotopic (exact) mass is 220 g/mol. The van der Waals surface area contributed by atoms with Crippen LogP contribution in [0.5, 0.6) is 0 Å². The van der Waals surface area contributed by atoms with Crippen molar-refractivity contribution in [2.75, 3.05) is 6.61 Å². The van der Waals surface area contributed by atoms with Crippen LogP contribution in [0.25, 0.3) is 0 Å². The van der Waals surface area contributed by atoms with E-state index in [9.17, 15) is 10.2 Å². The average molecular weight is 220 g/mol. The third-order valence-electron chi connectivity index (χ3n) is 2.62. The largest absolute Gasteiger partial charge is 0.394 e. The zero-order chi connectivity index (χ0) is 11.2. The van der Waals surface area contributed by atoms with Crippen LogP contribution in [0.4, 0.5) is 0 Å². The second kappa shape index (κ2) is 3.65. The van der Waals surface area contributed by atoms with Crippen molar-refractivity contribution in [1.82, 2.24) is 0 Å². The highest BCUT2D eigenvalue weighted by atomic mass is 16.8. The van der Waals surface area contributed by atoms with Gasteiger partial charge in [0.05, 0.1) is 6.61 Å². The quantitative estimate of drug-likeness (QED) is 0.529. The molecule has 0 radical (unpaired) electrons. The molecule has 0 aromatic carbocycles. The molecule has 0 amide bonds. The normalized spacial score (nSPS) is 45.4. The number of aliphatic hydroxyl groups is 3. The molecule has 0 aromatic heterocycles. The first kappa shape index (κ1) is 11.3. The molecule has 6 nitrogen and oxygen atoms in total. The summed E-state index contributed by atoms with van der Waals surface area (Å²) in [5.41, 5.74) is 0. The van der Waals surface area contributed by atoms with E-state index < -0.39 is 43.1 Å². The molecule has 2 saturated heterocycles. The molecule has 2 aliphatic heterocycles. The predicted octanol–water partition coefficient (Wildman–Crippen LogP) is -1.42. The summed E-state index contributed by atoms with van der Waals surface area (Å²) in [6.07, 6.45) is -4.26. The SMILES string of the molecule is CC1(C)O[C@@H]2O[C@H]([C@H](O)CO)[C@H](O)[C@H]2O1. The van der Waals surface area contributed by atoms with Gasteiger partial charge in [-0.15, -0.1) is 0 Å². The first-order chi connectivity index (χ1) is 6.94. The molecule has 0 bridgehead atoms. The molecule has 15 heavy (non-hydrogen) atoms. The molecule has 3 N–H and O–H groups in total. The summed E-state index contributed by atoms with van der Waals surface area (Å²) in [4.78, 5) is 0. The van der Waals surface area contributed by atoms with E-state index >= 15 is 0 Å². The maximum atomic E-state index is 9.79. The van der Waals surface area contributed by atoms with Gasteiger partial charge < -0.3 is 29.5 Å². The van der Waals surface area contributed by atoms with E-state index in [0.29, 0.717) is 0 Å². The molecule has 6 heteroatoms. The van der Waals surface area contributed by atoms with Gasteiger partial charge in [-0.1, -0.05) is 0 Å². The molecule has 0 aliphatic carbocycles. The van der Waals surface area contributed by atoms with Crippen molar-refractivity contribution in [3.05, 3.63) is 0 Å². The number of aliphatic hydroxyl groups excluding tert-OH is 3. The Morgan fingerprint density at radius 1 is 1.33 bits per heavy atom. The molecule has 2 fully saturated rings. The highest BCUT2D eigenvalue weighted by Gasteiger charge is 2.55. The van der Waals surface area contributed by atoms with Gasteiger partial charge in [0.15, 0.2) is 12.1 Å². The van der Waals surface area contributed by atoms with Gasteiger partial charge in [0.25, 0.3) is 0 Å². The molecule has 2 heterocycles. The van der Waals surface area contributed by atoms with Crippen LogP contribution < -0.4 is 0 Å². The van der Waals surface area contributed by atoms with E-state index in [0.717, 1.165) is 0 Å². The Hall–Kier alpha value is -0.240. The Morgan fingerprint density at radius 2 is 2.00 bits per heavy atom. The van der Waals surface area contributed by atoms with Crippen LogP contribution in [0.1, 0.15) is 13.8 Å². The summed E-state index contributed by atoms with van der Waals surface area (Å²) in [6.45, 7) is 2.97. The van der Waals surface area contributed by atoms with Gasteiger partial charge in [0.1, 0.15) is 24.4 Å². The molecule has 2 rings (SSSR count). The molecule has 5 atom stereocenters. The van der Waals surface area contributed by atoms with Gasteiger partial charge in [0.2, 0.25) is 0 Å². The van der Waals surface area contributed by atoms with Gasteiger partial charge in [-0.05, 0) is 13.8 Å². The van der Waals surface area contributed by atoms with E-state index in [1.165, 1.54) is 0 Å². The third-order valence-corrected chi connectivity index (χ3v) is 2.62. The summed E-state index contributed by atoms with van der Waals surface area (Å²) in [5, 5.41) is 27.9. The number of fused-ring (bicyclic) bond motifs is 1. The van der Waals surface area contributed by atoms with Crippen LogP contribution in [-0.4, -0.2) is 58.4 Å². The second-order valence-electron chi connectivity index (χ2n) is 4.31. The van der Waals surface area contributed by atoms with Crippen LogP contribution in [-0.2, 0) is 14.2 Å². The molecule has 88 valence electrons. The minimum absolute atomic E-state index is 0.468. The molecule has 0 saturated carbocycles. The van der Waals surface area contributed by atoms with Gasteiger partial charge >= 0.3 is 0 Å². The Kier molecular flexibility index (Phi) is 2.74. The van der Waals surface area contributed by atoms with Crippen LogP contribution in [0, 0.1) is 0 Å². The van der Waals surface area contributed by atoms with Crippen LogP contribution >= 0.6 is 0 Å². The smallest absolute Gasteiger partial charge is 0.190 e. The minimum Gasteiger partial charge on any atom is -0.394 e. The number of hydrogen-bond donors (Lipinski definition) is 3. The summed E-state index contributed by atoms with van der Waals surface area (Å²) in [7, 11) is 0. The standard InChI is InChI=1S/C9H16O6/c1-9(2)14-7-5(12)6(4(11)3-10)13-8(7)15-9/h4-8,10-12H,3H2,1-2H3/t4-,5+,6-,7-,8+/m1/s1. The van der Waals surface area contributed by atoms with Crippen molar-refractivity contribution in [3.63, 3.8) is 0 Å². The summed E-state index contributed by atoms with van der Waals surface area (Å²) in [6, 6.07) is 0. The fraction of sp³-hybridized carbons (Fsp3) is 1.00. The van der Waals surface area contributed by atoms with Gasteiger partial charge in [0, 0.05) is 0 Å². The average Bonchev–Trinajstić information content (AvgIpc) is 2.60. The molecule has 0 spiro atoms. The van der Waals surface area contributed by atoms with E-state index in [1.807, 2.05) is 0 Å². The summed E-state index contributed by atoms with van der Waals surface area (Å²) < 4.78 is 16.1. The Balaban J connectivity index is 2.05. The van der Waals surface area contributed by atoms with E-state index in [-0.39, 0.29) is 0 Å². The van der Waals surface area contributed by atoms with E-state index in [2.05, 4.69) is 0 Å². The van der Waals surface area contributed by atoms with E-state index in [4.69, 9.17) is 19.3 Å². The highest BCUT2D eigenvalue weighted by molar-refractivity contribution is 4.95. The predicted molar refractivity (Wildman–Crippen MR) is 47.8 cm³/mol. The molecule has 0 unspecified atom stereocenters. The zero-order valence-corrected chi connectivity index (χ0v) is 8.66. The zero-order valence-electron chi connectivity index (χ0n) is 8.66. The Morgan fingerprint density at radius 3 is 2.53 bits per heavy atom. The third kappa shape index (κ3) is 1.89. The molecular formula is C9H16O6. The maximum Gasteiger partial charge on any atom is 0.190 e. The van der Waals surface area contributed by atoms with Crippen molar-refractivity contribution in [2.24, 2.45) is 0 Å².